The summed E-state index contributed by atoms with van der Waals surface area (Å²) in [5, 5.41) is 48.5. The van der Waals surface area contributed by atoms with Gasteiger partial charge in [-0.2, -0.15) is 0 Å². The number of carboxylic acid groups (broad SMARTS) is 5. The number of esters is 2. The zero-order chi connectivity index (χ0) is 26.0. The maximum absolute atomic E-state index is 11.1. The lowest BCUT2D eigenvalue weighted by molar-refractivity contribution is -0.166. The van der Waals surface area contributed by atoms with Gasteiger partial charge >= 0.3 is 41.8 Å². The summed E-state index contributed by atoms with van der Waals surface area (Å²) in [6, 6.07) is 0. The SMILES string of the molecule is C.CC(O)C(=O)O.CC(OC(=O)CCC(=O)OC(C)C(=O)O)C(=O)O.O=C(O)CCC(=O)O. The van der Waals surface area contributed by atoms with Crippen LogP contribution in [0.25, 0.3) is 0 Å². The highest BCUT2D eigenvalue weighted by Gasteiger charge is 2.20. The van der Waals surface area contributed by atoms with Crippen molar-refractivity contribution in [3.8, 4) is 0 Å². The number of hydrogen-bond acceptors (Lipinski definition) is 10. The maximum Gasteiger partial charge on any atom is 0.344 e. The Labute approximate surface area is 188 Å². The summed E-state index contributed by atoms with van der Waals surface area (Å²) < 4.78 is 8.90. The van der Waals surface area contributed by atoms with E-state index in [-0.39, 0.29) is 33.1 Å². The van der Waals surface area contributed by atoms with Crippen LogP contribution in [-0.4, -0.2) is 90.7 Å². The number of aliphatic hydroxyl groups is 1. The highest BCUT2D eigenvalue weighted by Crippen LogP contribution is 2.02. The number of carbonyl (C=O) groups excluding carboxylic acids is 2. The molecule has 0 aromatic heterocycles. The molecule has 0 saturated carbocycles. The van der Waals surface area contributed by atoms with Crippen molar-refractivity contribution in [1.29, 1.82) is 0 Å². The zero-order valence-electron chi connectivity index (χ0n) is 17.4. The first-order valence-corrected chi connectivity index (χ1v) is 8.70. The van der Waals surface area contributed by atoms with Crippen LogP contribution in [0.2, 0.25) is 0 Å². The third-order valence-corrected chi connectivity index (χ3v) is 2.76. The van der Waals surface area contributed by atoms with Gasteiger partial charge < -0.3 is 40.1 Å². The lowest BCUT2D eigenvalue weighted by Crippen LogP contribution is -2.26. The van der Waals surface area contributed by atoms with Gasteiger partial charge in [0.15, 0.2) is 12.2 Å². The van der Waals surface area contributed by atoms with Crippen LogP contribution in [0.15, 0.2) is 0 Å². The van der Waals surface area contributed by atoms with Crippen molar-refractivity contribution in [3.05, 3.63) is 0 Å². The van der Waals surface area contributed by atoms with Crippen molar-refractivity contribution in [2.45, 2.75) is 72.2 Å². The Morgan fingerprint density at radius 2 is 0.818 bits per heavy atom. The van der Waals surface area contributed by atoms with E-state index in [0.29, 0.717) is 0 Å². The molecule has 0 aromatic rings. The lowest BCUT2D eigenvalue weighted by Gasteiger charge is -2.10. The van der Waals surface area contributed by atoms with E-state index in [4.69, 9.17) is 30.6 Å². The molecule has 0 saturated heterocycles. The quantitative estimate of drug-likeness (QED) is 0.207. The minimum atomic E-state index is -1.30. The molecule has 0 aliphatic rings. The number of hydrogen-bond donors (Lipinski definition) is 6. The summed E-state index contributed by atoms with van der Waals surface area (Å²) in [6.07, 6.45) is -5.17. The minimum Gasteiger partial charge on any atom is -0.481 e. The predicted octanol–water partition coefficient (Wildman–Crippen LogP) is -0.177. The average Bonchev–Trinajstić information content (AvgIpc) is 2.65. The van der Waals surface area contributed by atoms with E-state index >= 15 is 0 Å². The summed E-state index contributed by atoms with van der Waals surface area (Å²) in [6.45, 7) is 3.54. The van der Waals surface area contributed by atoms with Crippen molar-refractivity contribution in [2.24, 2.45) is 0 Å². The molecule has 0 aliphatic carbocycles. The van der Waals surface area contributed by atoms with Crippen molar-refractivity contribution in [2.75, 3.05) is 0 Å². The normalized spacial score (nSPS) is 11.8. The van der Waals surface area contributed by atoms with Crippen LogP contribution < -0.4 is 0 Å². The van der Waals surface area contributed by atoms with Gasteiger partial charge in [0.25, 0.3) is 0 Å². The van der Waals surface area contributed by atoms with Gasteiger partial charge in [-0.3, -0.25) is 19.2 Å². The monoisotopic (exact) mass is 486 g/mol. The van der Waals surface area contributed by atoms with Crippen LogP contribution in [0.4, 0.5) is 0 Å². The van der Waals surface area contributed by atoms with E-state index < -0.39 is 60.1 Å². The predicted molar refractivity (Wildman–Crippen MR) is 106 cm³/mol. The molecule has 0 rings (SSSR count). The van der Waals surface area contributed by atoms with E-state index in [1.165, 1.54) is 20.8 Å². The molecule has 0 amide bonds. The first-order chi connectivity index (χ1) is 14.5. The topological polar surface area (TPSA) is 259 Å². The Balaban J connectivity index is -0.000000232. The summed E-state index contributed by atoms with van der Waals surface area (Å²) in [5.74, 6) is -7.68. The fraction of sp³-hybridized carbons (Fsp3) is 0.611. The zero-order valence-corrected chi connectivity index (χ0v) is 17.4. The highest BCUT2D eigenvalue weighted by molar-refractivity contribution is 5.82. The van der Waals surface area contributed by atoms with Gasteiger partial charge in [0, 0.05) is 0 Å². The van der Waals surface area contributed by atoms with Crippen LogP contribution in [0, 0.1) is 0 Å². The number of carbonyl (C=O) groups is 7. The largest absolute Gasteiger partial charge is 0.481 e. The van der Waals surface area contributed by atoms with E-state index in [1.807, 2.05) is 0 Å². The Morgan fingerprint density at radius 1 is 0.576 bits per heavy atom. The van der Waals surface area contributed by atoms with E-state index in [1.54, 1.807) is 0 Å². The number of ether oxygens (including phenoxy) is 2. The van der Waals surface area contributed by atoms with E-state index in [2.05, 4.69) is 9.47 Å². The molecular weight excluding hydrogens is 456 g/mol. The second-order valence-corrected chi connectivity index (χ2v) is 5.74. The lowest BCUT2D eigenvalue weighted by atomic mass is 10.3. The fourth-order valence-corrected chi connectivity index (χ4v) is 1.03. The highest BCUT2D eigenvalue weighted by atomic mass is 16.6. The van der Waals surface area contributed by atoms with Crippen molar-refractivity contribution in [1.82, 2.24) is 0 Å². The molecule has 0 fully saturated rings. The molecule has 15 heteroatoms. The van der Waals surface area contributed by atoms with Gasteiger partial charge in [-0.25, -0.2) is 14.4 Å². The maximum atomic E-state index is 11.1. The molecule has 0 bridgehead atoms. The molecule has 192 valence electrons. The molecule has 0 heterocycles. The number of aliphatic carboxylic acids is 5. The number of aliphatic hydroxyl groups excluding tert-OH is 1. The first-order valence-electron chi connectivity index (χ1n) is 8.70. The van der Waals surface area contributed by atoms with E-state index in [0.717, 1.165) is 0 Å². The number of rotatable bonds is 11. The molecule has 0 aromatic carbocycles. The third-order valence-electron chi connectivity index (χ3n) is 2.76. The summed E-state index contributed by atoms with van der Waals surface area (Å²) in [5.41, 5.74) is 0. The second-order valence-electron chi connectivity index (χ2n) is 5.74. The molecule has 3 atom stereocenters. The van der Waals surface area contributed by atoms with Gasteiger partial charge in [-0.1, -0.05) is 7.43 Å². The molecule has 33 heavy (non-hydrogen) atoms. The molecule has 6 N–H and O–H groups in total. The second kappa shape index (κ2) is 20.2. The van der Waals surface area contributed by atoms with Crippen LogP contribution in [0.1, 0.15) is 53.9 Å². The Bertz CT molecular complexity index is 620. The smallest absolute Gasteiger partial charge is 0.344 e. The van der Waals surface area contributed by atoms with Gasteiger partial charge in [-0.15, -0.1) is 0 Å². The fourth-order valence-electron chi connectivity index (χ4n) is 1.03. The summed E-state index contributed by atoms with van der Waals surface area (Å²) >= 11 is 0. The average molecular weight is 486 g/mol. The third kappa shape index (κ3) is 28.2. The van der Waals surface area contributed by atoms with Gasteiger partial charge in [0.2, 0.25) is 0 Å². The Hall–Kier alpha value is -3.75. The van der Waals surface area contributed by atoms with Crippen LogP contribution in [-0.2, 0) is 43.0 Å². The summed E-state index contributed by atoms with van der Waals surface area (Å²) in [4.78, 5) is 71.6. The molecular formula is C18H30O15. The summed E-state index contributed by atoms with van der Waals surface area (Å²) in [7, 11) is 0. The van der Waals surface area contributed by atoms with Crippen LogP contribution in [0.5, 0.6) is 0 Å². The van der Waals surface area contributed by atoms with Gasteiger partial charge in [0.05, 0.1) is 25.7 Å². The minimum absolute atomic E-state index is 0. The van der Waals surface area contributed by atoms with Gasteiger partial charge in [-0.05, 0) is 20.8 Å². The van der Waals surface area contributed by atoms with Crippen LogP contribution >= 0.6 is 0 Å². The van der Waals surface area contributed by atoms with E-state index in [9.17, 15) is 33.6 Å². The van der Waals surface area contributed by atoms with Crippen molar-refractivity contribution < 1.29 is 73.7 Å². The van der Waals surface area contributed by atoms with Crippen molar-refractivity contribution >= 4 is 41.8 Å². The molecule has 15 nitrogen and oxygen atoms in total. The number of carboxylic acids is 5. The van der Waals surface area contributed by atoms with Crippen molar-refractivity contribution in [3.63, 3.8) is 0 Å². The van der Waals surface area contributed by atoms with Gasteiger partial charge in [0.1, 0.15) is 6.10 Å². The Morgan fingerprint density at radius 3 is 0.970 bits per heavy atom. The standard InChI is InChI=1S/C10H14O8.C4H6O4.C3H6O3.CH4/c1-5(9(13)14)17-7(11)3-4-8(12)18-6(2)10(15)16;5-3(6)1-2-4(7)8;1-2(4)3(5)6;/h5-6H,3-4H2,1-2H3,(H,13,14)(H,15,16);1-2H2,(H,5,6)(H,7,8);2,4H,1H3,(H,5,6);1H4. The molecule has 3 unspecified atom stereocenters. The molecule has 0 spiro atoms. The molecule has 0 radical (unpaired) electrons. The first kappa shape index (κ1) is 36.6. The van der Waals surface area contributed by atoms with Crippen LogP contribution in [0.3, 0.4) is 0 Å². The molecule has 0 aliphatic heterocycles. The Kier molecular flexibility index (Phi) is 22.4.